The van der Waals surface area contributed by atoms with Crippen LogP contribution in [-0.2, 0) is 11.4 Å². The van der Waals surface area contributed by atoms with Crippen molar-refractivity contribution < 1.29 is 4.55 Å². The second kappa shape index (κ2) is 5.85. The minimum absolute atomic E-state index is 0.0243. The lowest BCUT2D eigenvalue weighted by Gasteiger charge is -2.29. The lowest BCUT2D eigenvalue weighted by Crippen LogP contribution is -2.42. The van der Waals surface area contributed by atoms with Gasteiger partial charge in [-0.25, -0.2) is 0 Å². The topological polar surface area (TPSA) is 48.0 Å². The zero-order chi connectivity index (χ0) is 13.1. The minimum atomic E-state index is -1.08. The Labute approximate surface area is 107 Å². The SMILES string of the molecule is CC(C)[C@H](N[S@+]([O-])C(C)(C)C)c1ccccn1. The first-order chi connectivity index (χ1) is 7.82. The Kier molecular flexibility index (Phi) is 4.98. The molecule has 1 aromatic rings. The Balaban J connectivity index is 2.82. The molecule has 0 unspecified atom stereocenters. The van der Waals surface area contributed by atoms with Gasteiger partial charge in [-0.15, -0.1) is 4.72 Å². The van der Waals surface area contributed by atoms with E-state index in [1.807, 2.05) is 39.0 Å². The van der Waals surface area contributed by atoms with Gasteiger partial charge in [0.2, 0.25) is 0 Å². The third-order valence-electron chi connectivity index (χ3n) is 2.46. The molecule has 1 rings (SSSR count). The normalized spacial score (nSPS) is 15.9. The van der Waals surface area contributed by atoms with Crippen molar-refractivity contribution in [3.8, 4) is 0 Å². The van der Waals surface area contributed by atoms with E-state index in [1.165, 1.54) is 0 Å². The molecule has 96 valence electrons. The highest BCUT2D eigenvalue weighted by Gasteiger charge is 2.31. The predicted octanol–water partition coefficient (Wildman–Crippen LogP) is 2.83. The maximum Gasteiger partial charge on any atom is 0.136 e. The monoisotopic (exact) mass is 254 g/mol. The molecule has 1 N–H and O–H groups in total. The molecule has 0 aliphatic carbocycles. The van der Waals surface area contributed by atoms with Crippen LogP contribution >= 0.6 is 0 Å². The fourth-order valence-electron chi connectivity index (χ4n) is 1.39. The van der Waals surface area contributed by atoms with E-state index in [-0.39, 0.29) is 10.8 Å². The summed E-state index contributed by atoms with van der Waals surface area (Å²) in [6.45, 7) is 10.1. The molecule has 0 radical (unpaired) electrons. The van der Waals surface area contributed by atoms with Crippen LogP contribution < -0.4 is 4.72 Å². The molecular formula is C13H22N2OS. The average molecular weight is 254 g/mol. The van der Waals surface area contributed by atoms with Crippen LogP contribution in [-0.4, -0.2) is 14.3 Å². The highest BCUT2D eigenvalue weighted by Crippen LogP contribution is 2.24. The number of nitrogens with one attached hydrogen (secondary N) is 1. The van der Waals surface area contributed by atoms with Crippen LogP contribution in [0.25, 0.3) is 0 Å². The van der Waals surface area contributed by atoms with Gasteiger partial charge in [-0.1, -0.05) is 19.9 Å². The molecule has 0 spiro atoms. The number of nitrogens with zero attached hydrogens (tertiary/aromatic N) is 1. The van der Waals surface area contributed by atoms with Crippen molar-refractivity contribution in [2.75, 3.05) is 0 Å². The Morgan fingerprint density at radius 2 is 1.94 bits per heavy atom. The molecule has 17 heavy (non-hydrogen) atoms. The van der Waals surface area contributed by atoms with Crippen molar-refractivity contribution in [2.24, 2.45) is 5.92 Å². The van der Waals surface area contributed by atoms with Gasteiger partial charge in [0.25, 0.3) is 0 Å². The molecule has 3 nitrogen and oxygen atoms in total. The standard InChI is InChI=1S/C13H22N2OS/c1-10(2)12(11-8-6-7-9-14-11)15-17(16)13(3,4)5/h6-10,12,15H,1-5H3/t12-,17+/m0/s1. The van der Waals surface area contributed by atoms with E-state index in [4.69, 9.17) is 0 Å². The molecule has 1 aromatic heterocycles. The van der Waals surface area contributed by atoms with E-state index < -0.39 is 11.4 Å². The lowest BCUT2D eigenvalue weighted by atomic mass is 10.0. The fraction of sp³-hybridized carbons (Fsp3) is 0.615. The van der Waals surface area contributed by atoms with Crippen molar-refractivity contribution in [1.29, 1.82) is 0 Å². The van der Waals surface area contributed by atoms with E-state index in [0.717, 1.165) is 5.69 Å². The lowest BCUT2D eigenvalue weighted by molar-refractivity contribution is 0.444. The summed E-state index contributed by atoms with van der Waals surface area (Å²) < 4.78 is 15.0. The van der Waals surface area contributed by atoms with Crippen LogP contribution in [0.4, 0.5) is 0 Å². The summed E-state index contributed by atoms with van der Waals surface area (Å²) in [6.07, 6.45) is 1.77. The second-order valence-electron chi connectivity index (χ2n) is 5.48. The van der Waals surface area contributed by atoms with E-state index in [0.29, 0.717) is 5.92 Å². The largest absolute Gasteiger partial charge is 0.598 e. The molecule has 4 heteroatoms. The van der Waals surface area contributed by atoms with Gasteiger partial charge in [0.15, 0.2) is 0 Å². The van der Waals surface area contributed by atoms with Gasteiger partial charge in [0.05, 0.1) is 11.7 Å². The van der Waals surface area contributed by atoms with Crippen LogP contribution in [0.2, 0.25) is 0 Å². The highest BCUT2D eigenvalue weighted by molar-refractivity contribution is 7.90. The van der Waals surface area contributed by atoms with Gasteiger partial charge in [-0.2, -0.15) is 0 Å². The number of pyridine rings is 1. The zero-order valence-corrected chi connectivity index (χ0v) is 12.0. The van der Waals surface area contributed by atoms with Crippen LogP contribution in [0.1, 0.15) is 46.4 Å². The van der Waals surface area contributed by atoms with E-state index >= 15 is 0 Å². The molecule has 0 aliphatic rings. The average Bonchev–Trinajstić information content (AvgIpc) is 2.25. The number of hydrogen-bond donors (Lipinski definition) is 1. The zero-order valence-electron chi connectivity index (χ0n) is 11.2. The molecule has 2 atom stereocenters. The molecule has 0 saturated carbocycles. The van der Waals surface area contributed by atoms with Gasteiger partial charge < -0.3 is 4.55 Å². The van der Waals surface area contributed by atoms with Gasteiger partial charge in [-0.05, 0) is 38.8 Å². The first kappa shape index (κ1) is 14.5. The number of rotatable bonds is 4. The highest BCUT2D eigenvalue weighted by atomic mass is 32.2. The quantitative estimate of drug-likeness (QED) is 0.841. The smallest absolute Gasteiger partial charge is 0.136 e. The molecule has 0 bridgehead atoms. The van der Waals surface area contributed by atoms with Crippen LogP contribution in [0.3, 0.4) is 0 Å². The Bertz CT molecular complexity index is 335. The summed E-state index contributed by atoms with van der Waals surface area (Å²) in [5.41, 5.74) is 0.945. The molecule has 0 fully saturated rings. The first-order valence-electron chi connectivity index (χ1n) is 5.91. The molecule has 0 aromatic carbocycles. The van der Waals surface area contributed by atoms with E-state index in [1.54, 1.807) is 6.20 Å². The van der Waals surface area contributed by atoms with Crippen LogP contribution in [0.15, 0.2) is 24.4 Å². The van der Waals surface area contributed by atoms with Gasteiger partial charge >= 0.3 is 0 Å². The summed E-state index contributed by atoms with van der Waals surface area (Å²) in [5, 5.41) is 0. The molecule has 0 saturated heterocycles. The third-order valence-corrected chi connectivity index (χ3v) is 4.04. The molecular weight excluding hydrogens is 232 g/mol. The molecule has 0 amide bonds. The van der Waals surface area contributed by atoms with Gasteiger partial charge in [0.1, 0.15) is 4.75 Å². The maximum atomic E-state index is 12.1. The first-order valence-corrected chi connectivity index (χ1v) is 7.06. The van der Waals surface area contributed by atoms with Crippen LogP contribution in [0, 0.1) is 5.92 Å². The predicted molar refractivity (Wildman–Crippen MR) is 72.8 cm³/mol. The van der Waals surface area contributed by atoms with Crippen molar-refractivity contribution in [3.63, 3.8) is 0 Å². The molecule has 1 heterocycles. The number of aromatic nitrogens is 1. The van der Waals surface area contributed by atoms with Crippen molar-refractivity contribution in [2.45, 2.75) is 45.4 Å². The summed E-state index contributed by atoms with van der Waals surface area (Å²) in [4.78, 5) is 4.34. The summed E-state index contributed by atoms with van der Waals surface area (Å²) in [5.74, 6) is 0.344. The third kappa shape index (κ3) is 4.30. The number of hydrogen-bond acceptors (Lipinski definition) is 3. The van der Waals surface area contributed by atoms with Gasteiger partial charge in [0, 0.05) is 17.6 Å². The van der Waals surface area contributed by atoms with Crippen LogP contribution in [0.5, 0.6) is 0 Å². The summed E-state index contributed by atoms with van der Waals surface area (Å²) >= 11 is -1.08. The fourth-order valence-corrected chi connectivity index (χ4v) is 2.37. The maximum absolute atomic E-state index is 12.1. The van der Waals surface area contributed by atoms with Crippen molar-refractivity contribution in [1.82, 2.24) is 9.71 Å². The van der Waals surface area contributed by atoms with E-state index in [2.05, 4.69) is 23.6 Å². The van der Waals surface area contributed by atoms with Crippen molar-refractivity contribution >= 4 is 11.4 Å². The van der Waals surface area contributed by atoms with Gasteiger partial charge in [-0.3, -0.25) is 4.98 Å². The summed E-state index contributed by atoms with van der Waals surface area (Å²) in [6, 6.07) is 5.84. The Hall–Kier alpha value is -0.580. The minimum Gasteiger partial charge on any atom is -0.598 e. The molecule has 0 aliphatic heterocycles. The Morgan fingerprint density at radius 1 is 1.29 bits per heavy atom. The van der Waals surface area contributed by atoms with Crippen molar-refractivity contribution in [3.05, 3.63) is 30.1 Å². The van der Waals surface area contributed by atoms with E-state index in [9.17, 15) is 4.55 Å². The second-order valence-corrected chi connectivity index (χ2v) is 7.47. The summed E-state index contributed by atoms with van der Waals surface area (Å²) in [7, 11) is 0. The Morgan fingerprint density at radius 3 is 2.35 bits per heavy atom.